The van der Waals surface area contributed by atoms with Crippen molar-refractivity contribution >= 4 is 46.6 Å². The molecule has 1 fully saturated rings. The highest BCUT2D eigenvalue weighted by molar-refractivity contribution is 8.00. The van der Waals surface area contributed by atoms with Crippen LogP contribution in [0.1, 0.15) is 44.6 Å². The van der Waals surface area contributed by atoms with E-state index in [0.29, 0.717) is 5.69 Å². The molecular weight excluding hydrogens is 461 g/mol. The zero-order chi connectivity index (χ0) is 23.3. The van der Waals surface area contributed by atoms with Crippen molar-refractivity contribution < 1.29 is 22.8 Å². The fourth-order valence-corrected chi connectivity index (χ4v) is 4.55. The minimum Gasteiger partial charge on any atom is -0.326 e. The van der Waals surface area contributed by atoms with Gasteiger partial charge in [-0.25, -0.2) is 0 Å². The van der Waals surface area contributed by atoms with Crippen LogP contribution in [-0.4, -0.2) is 17.1 Å². The normalized spacial score (nSPS) is 15.8. The van der Waals surface area contributed by atoms with E-state index in [1.54, 1.807) is 31.2 Å². The Hall–Kier alpha value is -2.19. The van der Waals surface area contributed by atoms with Crippen LogP contribution in [-0.2, 0) is 15.8 Å². The van der Waals surface area contributed by atoms with E-state index in [1.165, 1.54) is 18.2 Å². The Balaban J connectivity index is 1.57. The van der Waals surface area contributed by atoms with Crippen LogP contribution in [0.15, 0.2) is 47.4 Å². The molecule has 1 aliphatic rings. The van der Waals surface area contributed by atoms with E-state index in [1.807, 2.05) is 0 Å². The molecule has 9 heteroatoms. The number of carbonyl (C=O) groups is 2. The van der Waals surface area contributed by atoms with Gasteiger partial charge in [-0.1, -0.05) is 30.9 Å². The van der Waals surface area contributed by atoms with Crippen molar-refractivity contribution in [2.24, 2.45) is 5.92 Å². The number of hydrogen-bond donors (Lipinski definition) is 2. The van der Waals surface area contributed by atoms with Crippen LogP contribution in [0.2, 0.25) is 5.02 Å². The largest absolute Gasteiger partial charge is 0.416 e. The first-order chi connectivity index (χ1) is 15.1. The van der Waals surface area contributed by atoms with E-state index < -0.39 is 22.9 Å². The number of hydrogen-bond acceptors (Lipinski definition) is 3. The van der Waals surface area contributed by atoms with Crippen LogP contribution < -0.4 is 10.6 Å². The molecular formula is C23H24ClF3N2O2S. The van der Waals surface area contributed by atoms with Crippen LogP contribution in [0.4, 0.5) is 24.5 Å². The average Bonchev–Trinajstić information content (AvgIpc) is 2.76. The third kappa shape index (κ3) is 6.65. The standard InChI is InChI=1S/C23H24ClF3N2O2S/c1-14(21(30)29-20-13-16(23(25,26)27)7-12-19(20)24)32-18-10-8-17(9-11-18)28-22(31)15-5-3-2-4-6-15/h7-15H,2-6H2,1H3,(H,28,31)(H,29,30). The lowest BCUT2D eigenvalue weighted by Gasteiger charge is -2.20. The van der Waals surface area contributed by atoms with E-state index in [4.69, 9.17) is 11.6 Å². The summed E-state index contributed by atoms with van der Waals surface area (Å²) in [6.07, 6.45) is 0.656. The predicted molar refractivity (Wildman–Crippen MR) is 122 cm³/mol. The monoisotopic (exact) mass is 484 g/mol. The molecule has 1 unspecified atom stereocenters. The van der Waals surface area contributed by atoms with Gasteiger partial charge in [0.15, 0.2) is 0 Å². The number of anilines is 2. The van der Waals surface area contributed by atoms with Crippen LogP contribution in [0.5, 0.6) is 0 Å². The molecule has 1 aliphatic carbocycles. The Labute approximate surface area is 194 Å². The molecule has 3 rings (SSSR count). The van der Waals surface area contributed by atoms with Gasteiger partial charge in [-0.05, 0) is 62.2 Å². The number of halogens is 4. The van der Waals surface area contributed by atoms with Crippen LogP contribution in [0.25, 0.3) is 0 Å². The Morgan fingerprint density at radius 1 is 1.03 bits per heavy atom. The van der Waals surface area contributed by atoms with Crippen molar-refractivity contribution in [3.05, 3.63) is 53.1 Å². The summed E-state index contributed by atoms with van der Waals surface area (Å²) in [5, 5.41) is 4.85. The van der Waals surface area contributed by atoms with Gasteiger partial charge in [-0.2, -0.15) is 13.2 Å². The molecule has 2 aromatic carbocycles. The first-order valence-corrected chi connectivity index (χ1v) is 11.6. The molecule has 0 heterocycles. The highest BCUT2D eigenvalue weighted by Gasteiger charge is 2.31. The van der Waals surface area contributed by atoms with Crippen molar-refractivity contribution in [2.45, 2.75) is 55.3 Å². The lowest BCUT2D eigenvalue weighted by molar-refractivity contribution is -0.137. The average molecular weight is 485 g/mol. The Kier molecular flexibility index (Phi) is 8.11. The van der Waals surface area contributed by atoms with Gasteiger partial charge in [0.1, 0.15) is 0 Å². The number of thioether (sulfide) groups is 1. The van der Waals surface area contributed by atoms with Crippen molar-refractivity contribution in [1.82, 2.24) is 0 Å². The molecule has 0 radical (unpaired) electrons. The van der Waals surface area contributed by atoms with Crippen LogP contribution >= 0.6 is 23.4 Å². The third-order valence-corrected chi connectivity index (χ3v) is 6.77. The summed E-state index contributed by atoms with van der Waals surface area (Å²) in [6.45, 7) is 1.65. The topological polar surface area (TPSA) is 58.2 Å². The summed E-state index contributed by atoms with van der Waals surface area (Å²) in [5.74, 6) is -0.370. The van der Waals surface area contributed by atoms with Crippen molar-refractivity contribution in [2.75, 3.05) is 10.6 Å². The molecule has 32 heavy (non-hydrogen) atoms. The second kappa shape index (κ2) is 10.6. The maximum Gasteiger partial charge on any atom is 0.416 e. The summed E-state index contributed by atoms with van der Waals surface area (Å²) >= 11 is 7.20. The number of alkyl halides is 3. The van der Waals surface area contributed by atoms with Crippen molar-refractivity contribution in [1.29, 1.82) is 0 Å². The fraction of sp³-hybridized carbons (Fsp3) is 0.391. The predicted octanol–water partition coefficient (Wildman–Crippen LogP) is 7.00. The summed E-state index contributed by atoms with van der Waals surface area (Å²) in [6, 6.07) is 9.93. The van der Waals surface area contributed by atoms with Gasteiger partial charge in [-0.3, -0.25) is 9.59 Å². The lowest BCUT2D eigenvalue weighted by Crippen LogP contribution is -2.24. The SMILES string of the molecule is CC(Sc1ccc(NC(=O)C2CCCCC2)cc1)C(=O)Nc1cc(C(F)(F)F)ccc1Cl. The maximum atomic E-state index is 12.9. The van der Waals surface area contributed by atoms with E-state index in [2.05, 4.69) is 10.6 Å². The van der Waals surface area contributed by atoms with Gasteiger partial charge >= 0.3 is 6.18 Å². The summed E-state index contributed by atoms with van der Waals surface area (Å²) in [7, 11) is 0. The summed E-state index contributed by atoms with van der Waals surface area (Å²) in [5.41, 5.74) is -0.277. The van der Waals surface area contributed by atoms with E-state index >= 15 is 0 Å². The van der Waals surface area contributed by atoms with Crippen molar-refractivity contribution in [3.63, 3.8) is 0 Å². The number of nitrogens with one attached hydrogen (secondary N) is 2. The molecule has 0 saturated heterocycles. The molecule has 2 N–H and O–H groups in total. The molecule has 0 aliphatic heterocycles. The van der Waals surface area contributed by atoms with Gasteiger partial charge < -0.3 is 10.6 Å². The number of rotatable bonds is 6. The smallest absolute Gasteiger partial charge is 0.326 e. The molecule has 0 bridgehead atoms. The van der Waals surface area contributed by atoms with Crippen molar-refractivity contribution in [3.8, 4) is 0 Å². The molecule has 1 atom stereocenters. The first kappa shape index (κ1) is 24.5. The zero-order valence-electron chi connectivity index (χ0n) is 17.5. The van der Waals surface area contributed by atoms with Gasteiger partial charge in [0, 0.05) is 16.5 Å². The van der Waals surface area contributed by atoms with Crippen LogP contribution in [0.3, 0.4) is 0 Å². The second-order valence-corrected chi connectivity index (χ2v) is 9.61. The van der Waals surface area contributed by atoms with Gasteiger partial charge in [0.05, 0.1) is 21.5 Å². The highest BCUT2D eigenvalue weighted by atomic mass is 35.5. The number of carbonyl (C=O) groups excluding carboxylic acids is 2. The Morgan fingerprint density at radius 2 is 1.69 bits per heavy atom. The van der Waals surface area contributed by atoms with Crippen LogP contribution in [0, 0.1) is 5.92 Å². The number of benzene rings is 2. The second-order valence-electron chi connectivity index (χ2n) is 7.79. The third-order valence-electron chi connectivity index (χ3n) is 5.33. The summed E-state index contributed by atoms with van der Waals surface area (Å²) < 4.78 is 38.7. The minimum absolute atomic E-state index is 0.0293. The molecule has 172 valence electrons. The van der Waals surface area contributed by atoms with Gasteiger partial charge in [0.2, 0.25) is 11.8 Å². The minimum atomic E-state index is -4.53. The maximum absolute atomic E-state index is 12.9. The van der Waals surface area contributed by atoms with E-state index in [0.717, 1.165) is 48.8 Å². The van der Waals surface area contributed by atoms with Gasteiger partial charge in [0.25, 0.3) is 0 Å². The lowest BCUT2D eigenvalue weighted by atomic mass is 9.88. The fourth-order valence-electron chi connectivity index (χ4n) is 3.52. The highest BCUT2D eigenvalue weighted by Crippen LogP contribution is 2.34. The van der Waals surface area contributed by atoms with E-state index in [-0.39, 0.29) is 22.5 Å². The Bertz CT molecular complexity index is 961. The number of amides is 2. The molecule has 2 aromatic rings. The summed E-state index contributed by atoms with van der Waals surface area (Å²) in [4.78, 5) is 25.6. The Morgan fingerprint density at radius 3 is 2.31 bits per heavy atom. The zero-order valence-corrected chi connectivity index (χ0v) is 19.0. The molecule has 0 aromatic heterocycles. The molecule has 1 saturated carbocycles. The first-order valence-electron chi connectivity index (χ1n) is 10.4. The quantitative estimate of drug-likeness (QED) is 0.434. The molecule has 0 spiro atoms. The van der Waals surface area contributed by atoms with Gasteiger partial charge in [-0.15, -0.1) is 11.8 Å². The molecule has 2 amide bonds. The molecule has 4 nitrogen and oxygen atoms in total. The van der Waals surface area contributed by atoms with E-state index in [9.17, 15) is 22.8 Å².